The highest BCUT2D eigenvalue weighted by atomic mass is 35.5. The van der Waals surface area contributed by atoms with Gasteiger partial charge in [-0.3, -0.25) is 10.1 Å². The third-order valence-corrected chi connectivity index (χ3v) is 6.67. The molecular weight excluding hydrogens is 431 g/mol. The normalized spacial score (nSPS) is 17.3. The van der Waals surface area contributed by atoms with E-state index < -0.39 is 6.09 Å². The molecule has 0 aliphatic carbocycles. The van der Waals surface area contributed by atoms with Gasteiger partial charge in [0.1, 0.15) is 12.0 Å². The topological polar surface area (TPSA) is 58.6 Å². The van der Waals surface area contributed by atoms with Crippen molar-refractivity contribution in [3.63, 3.8) is 0 Å². The average molecular weight is 453 g/mol. The summed E-state index contributed by atoms with van der Waals surface area (Å²) in [7, 11) is 0. The summed E-state index contributed by atoms with van der Waals surface area (Å²) in [5.41, 5.74) is 2.73. The van der Waals surface area contributed by atoms with Gasteiger partial charge in [0.2, 0.25) is 5.91 Å². The number of carbonyl (C=O) groups is 2. The summed E-state index contributed by atoms with van der Waals surface area (Å²) in [6.45, 7) is 4.12. The molecule has 2 atom stereocenters. The lowest BCUT2D eigenvalue weighted by molar-refractivity contribution is -0.131. The first-order chi connectivity index (χ1) is 13.9. The summed E-state index contributed by atoms with van der Waals surface area (Å²) in [5.74, 6) is 0.478. The monoisotopic (exact) mass is 452 g/mol. The zero-order valence-corrected chi connectivity index (χ0v) is 18.5. The predicted octanol–water partition coefficient (Wildman–Crippen LogP) is 5.90. The molecule has 2 aromatic rings. The van der Waals surface area contributed by atoms with Crippen molar-refractivity contribution in [2.24, 2.45) is 0 Å². The highest BCUT2D eigenvalue weighted by molar-refractivity contribution is 8.00. The van der Waals surface area contributed by atoms with Crippen molar-refractivity contribution in [2.75, 3.05) is 17.7 Å². The Morgan fingerprint density at radius 3 is 2.62 bits per heavy atom. The molecule has 154 valence electrons. The van der Waals surface area contributed by atoms with E-state index in [1.807, 2.05) is 43.0 Å². The maximum Gasteiger partial charge on any atom is 0.411 e. The molecule has 5 nitrogen and oxygen atoms in total. The first-order valence-electron chi connectivity index (χ1n) is 9.27. The molecular formula is C21H22Cl2N2O3S. The third kappa shape index (κ3) is 5.38. The second-order valence-corrected chi connectivity index (χ2v) is 8.67. The number of ether oxygens (including phenoxy) is 1. The number of hydrogen-bond donors (Lipinski definition) is 1. The van der Waals surface area contributed by atoms with Crippen LogP contribution in [-0.2, 0) is 9.53 Å². The molecule has 1 fully saturated rings. The fourth-order valence-electron chi connectivity index (χ4n) is 3.11. The van der Waals surface area contributed by atoms with Crippen LogP contribution in [0.25, 0.3) is 0 Å². The fraction of sp³-hybridized carbons (Fsp3) is 0.333. The first-order valence-corrected chi connectivity index (χ1v) is 11.1. The second kappa shape index (κ2) is 9.74. The smallest absolute Gasteiger partial charge is 0.411 e. The van der Waals surface area contributed by atoms with Crippen LogP contribution >= 0.6 is 35.0 Å². The van der Waals surface area contributed by atoms with Crippen LogP contribution in [0, 0.1) is 6.92 Å². The van der Waals surface area contributed by atoms with Gasteiger partial charge in [-0.05, 0) is 37.1 Å². The van der Waals surface area contributed by atoms with Gasteiger partial charge in [-0.25, -0.2) is 4.79 Å². The van der Waals surface area contributed by atoms with E-state index in [1.54, 1.807) is 30.0 Å². The van der Waals surface area contributed by atoms with E-state index >= 15 is 0 Å². The first kappa shape index (κ1) is 21.8. The van der Waals surface area contributed by atoms with E-state index in [0.29, 0.717) is 27.9 Å². The minimum absolute atomic E-state index is 0.0564. The number of nitrogens with zero attached hydrogens (tertiary/aromatic N) is 1. The Morgan fingerprint density at radius 2 is 1.97 bits per heavy atom. The molecule has 1 heterocycles. The lowest BCUT2D eigenvalue weighted by Gasteiger charge is -2.32. The van der Waals surface area contributed by atoms with Crippen molar-refractivity contribution in [2.45, 2.75) is 31.7 Å². The molecule has 29 heavy (non-hydrogen) atoms. The average Bonchev–Trinajstić information content (AvgIpc) is 3.07. The van der Waals surface area contributed by atoms with E-state index in [0.717, 1.165) is 5.56 Å². The van der Waals surface area contributed by atoms with Crippen LogP contribution in [0.2, 0.25) is 10.0 Å². The van der Waals surface area contributed by atoms with E-state index in [9.17, 15) is 9.59 Å². The zero-order chi connectivity index (χ0) is 21.0. The molecule has 8 heteroatoms. The summed E-state index contributed by atoms with van der Waals surface area (Å²) >= 11 is 13.4. The molecule has 0 unspecified atom stereocenters. The molecule has 0 aromatic heterocycles. The molecule has 0 bridgehead atoms. The van der Waals surface area contributed by atoms with Crippen molar-refractivity contribution in [3.05, 3.63) is 63.6 Å². The quantitative estimate of drug-likeness (QED) is 0.592. The number of carbonyl (C=O) groups excluding carboxylic acids is 2. The Kier molecular flexibility index (Phi) is 7.33. The molecule has 2 aromatic carbocycles. The largest absolute Gasteiger partial charge is 0.447 e. The standard InChI is InChI=1S/C21H22Cl2N2O3S/c1-3-16(11-28-21(27)24-15-8-9-17(22)18(23)10-15)25-19(26)12-29-20(25)14-6-4-13(2)5-7-14/h4-10,16,20H,3,11-12H2,1-2H3,(H,24,27)/t16-,20-/m0/s1. The minimum atomic E-state index is -0.604. The number of aryl methyl sites for hydroxylation is 1. The van der Waals surface area contributed by atoms with Gasteiger partial charge in [-0.1, -0.05) is 60.0 Å². The van der Waals surface area contributed by atoms with Crippen molar-refractivity contribution >= 4 is 52.7 Å². The summed E-state index contributed by atoms with van der Waals surface area (Å²) in [6, 6.07) is 12.8. The van der Waals surface area contributed by atoms with E-state index in [4.69, 9.17) is 27.9 Å². The SMILES string of the molecule is CC[C@@H](COC(=O)Nc1ccc(Cl)c(Cl)c1)N1C(=O)CS[C@H]1c1ccc(C)cc1. The summed E-state index contributed by atoms with van der Waals surface area (Å²) in [4.78, 5) is 26.6. The second-order valence-electron chi connectivity index (χ2n) is 6.79. The Labute approximate surface area is 184 Å². The lowest BCUT2D eigenvalue weighted by atomic mass is 10.1. The van der Waals surface area contributed by atoms with Gasteiger partial charge in [0.15, 0.2) is 0 Å². The van der Waals surface area contributed by atoms with Gasteiger partial charge < -0.3 is 9.64 Å². The predicted molar refractivity (Wildman–Crippen MR) is 119 cm³/mol. The molecule has 3 rings (SSSR count). The van der Waals surface area contributed by atoms with Crippen LogP contribution in [0.5, 0.6) is 0 Å². The number of thioether (sulfide) groups is 1. The number of rotatable bonds is 6. The molecule has 1 aliphatic heterocycles. The van der Waals surface area contributed by atoms with E-state index in [1.165, 1.54) is 5.56 Å². The van der Waals surface area contributed by atoms with Gasteiger partial charge in [0.05, 0.1) is 21.8 Å². The molecule has 1 N–H and O–H groups in total. The molecule has 0 spiro atoms. The van der Waals surface area contributed by atoms with Crippen molar-refractivity contribution in [1.29, 1.82) is 0 Å². The van der Waals surface area contributed by atoms with Gasteiger partial charge in [-0.2, -0.15) is 0 Å². The maximum atomic E-state index is 12.6. The molecule has 1 aliphatic rings. The number of halogens is 2. The lowest BCUT2D eigenvalue weighted by Crippen LogP contribution is -2.41. The van der Waals surface area contributed by atoms with Crippen LogP contribution in [0.4, 0.5) is 10.5 Å². The number of hydrogen-bond acceptors (Lipinski definition) is 4. The highest BCUT2D eigenvalue weighted by Crippen LogP contribution is 2.40. The fourth-order valence-corrected chi connectivity index (χ4v) is 4.66. The van der Waals surface area contributed by atoms with Crippen molar-refractivity contribution < 1.29 is 14.3 Å². The van der Waals surface area contributed by atoms with Crippen LogP contribution in [0.15, 0.2) is 42.5 Å². The number of amides is 2. The van der Waals surface area contributed by atoms with Crippen LogP contribution in [0.1, 0.15) is 29.8 Å². The molecule has 2 amide bonds. The number of benzene rings is 2. The van der Waals surface area contributed by atoms with Crippen LogP contribution in [0.3, 0.4) is 0 Å². The minimum Gasteiger partial charge on any atom is -0.447 e. The zero-order valence-electron chi connectivity index (χ0n) is 16.2. The van der Waals surface area contributed by atoms with Gasteiger partial charge >= 0.3 is 6.09 Å². The number of anilines is 1. The van der Waals surface area contributed by atoms with Gasteiger partial charge in [0.25, 0.3) is 0 Å². The summed E-state index contributed by atoms with van der Waals surface area (Å²) < 4.78 is 5.40. The Hall–Kier alpha value is -1.89. The van der Waals surface area contributed by atoms with Crippen LogP contribution in [-0.4, -0.2) is 35.3 Å². The third-order valence-electron chi connectivity index (χ3n) is 4.71. The van der Waals surface area contributed by atoms with E-state index in [-0.39, 0.29) is 23.9 Å². The van der Waals surface area contributed by atoms with Crippen molar-refractivity contribution in [1.82, 2.24) is 4.90 Å². The highest BCUT2D eigenvalue weighted by Gasteiger charge is 2.37. The summed E-state index contributed by atoms with van der Waals surface area (Å²) in [5, 5.41) is 3.30. The van der Waals surface area contributed by atoms with E-state index in [2.05, 4.69) is 5.32 Å². The molecule has 1 saturated heterocycles. The Balaban J connectivity index is 1.64. The van der Waals surface area contributed by atoms with Gasteiger partial charge in [-0.15, -0.1) is 11.8 Å². The Morgan fingerprint density at radius 1 is 1.24 bits per heavy atom. The molecule has 0 saturated carbocycles. The van der Waals surface area contributed by atoms with Crippen LogP contribution < -0.4 is 5.32 Å². The molecule has 0 radical (unpaired) electrons. The van der Waals surface area contributed by atoms with Crippen molar-refractivity contribution in [3.8, 4) is 0 Å². The Bertz CT molecular complexity index is 892. The van der Waals surface area contributed by atoms with Gasteiger partial charge in [0, 0.05) is 5.69 Å². The summed E-state index contributed by atoms with van der Waals surface area (Å²) in [6.07, 6.45) is 0.0716. The number of nitrogens with one attached hydrogen (secondary N) is 1. The maximum absolute atomic E-state index is 12.6.